The molecule has 0 radical (unpaired) electrons. The average Bonchev–Trinajstić information content (AvgIpc) is 2.47. The molecule has 2 aromatic carbocycles. The van der Waals surface area contributed by atoms with Gasteiger partial charge in [-0.3, -0.25) is 9.52 Å². The number of anilines is 1. The Kier molecular flexibility index (Phi) is 4.37. The fourth-order valence-corrected chi connectivity index (χ4v) is 3.27. The van der Waals surface area contributed by atoms with E-state index in [-0.39, 0.29) is 21.7 Å². The second kappa shape index (κ2) is 6.09. The molecule has 0 aliphatic heterocycles. The van der Waals surface area contributed by atoms with E-state index >= 15 is 0 Å². The van der Waals surface area contributed by atoms with Gasteiger partial charge in [-0.1, -0.05) is 6.07 Å². The predicted molar refractivity (Wildman–Crippen MR) is 83.9 cm³/mol. The van der Waals surface area contributed by atoms with Gasteiger partial charge in [0.25, 0.3) is 10.0 Å². The largest absolute Gasteiger partial charge is 0.478 e. The molecule has 0 saturated carbocycles. The molecular formula is C15H14N2O5S. The highest BCUT2D eigenvalue weighted by molar-refractivity contribution is 7.92. The van der Waals surface area contributed by atoms with E-state index in [1.54, 1.807) is 6.92 Å². The minimum absolute atomic E-state index is 0.125. The monoisotopic (exact) mass is 334 g/mol. The van der Waals surface area contributed by atoms with E-state index in [0.717, 1.165) is 6.07 Å². The van der Waals surface area contributed by atoms with Crippen molar-refractivity contribution in [2.24, 2.45) is 5.73 Å². The van der Waals surface area contributed by atoms with Crippen LogP contribution in [0, 0.1) is 6.92 Å². The van der Waals surface area contributed by atoms with E-state index in [1.165, 1.54) is 36.4 Å². The Morgan fingerprint density at radius 1 is 1.04 bits per heavy atom. The molecule has 2 rings (SSSR count). The van der Waals surface area contributed by atoms with Gasteiger partial charge in [0.05, 0.1) is 10.5 Å². The molecule has 0 aliphatic rings. The van der Waals surface area contributed by atoms with E-state index in [4.69, 9.17) is 10.8 Å². The van der Waals surface area contributed by atoms with Gasteiger partial charge in [0.1, 0.15) is 0 Å². The molecule has 23 heavy (non-hydrogen) atoms. The average molecular weight is 334 g/mol. The number of primary amides is 1. The molecule has 0 unspecified atom stereocenters. The lowest BCUT2D eigenvalue weighted by Crippen LogP contribution is -2.16. The second-order valence-electron chi connectivity index (χ2n) is 4.83. The minimum atomic E-state index is -3.96. The number of benzene rings is 2. The third kappa shape index (κ3) is 3.67. The summed E-state index contributed by atoms with van der Waals surface area (Å²) in [4.78, 5) is 21.9. The van der Waals surface area contributed by atoms with Crippen LogP contribution in [0.15, 0.2) is 47.4 Å². The van der Waals surface area contributed by atoms with Crippen LogP contribution >= 0.6 is 0 Å². The van der Waals surface area contributed by atoms with Gasteiger partial charge < -0.3 is 10.8 Å². The third-order valence-corrected chi connectivity index (χ3v) is 4.67. The number of aromatic carboxylic acids is 1. The van der Waals surface area contributed by atoms with Gasteiger partial charge in [-0.05, 0) is 48.9 Å². The highest BCUT2D eigenvalue weighted by atomic mass is 32.2. The highest BCUT2D eigenvalue weighted by Crippen LogP contribution is 2.21. The molecule has 1 amide bonds. The summed E-state index contributed by atoms with van der Waals surface area (Å²) >= 11 is 0. The molecule has 0 aromatic heterocycles. The zero-order chi connectivity index (χ0) is 17.2. The smallest absolute Gasteiger partial charge is 0.335 e. The van der Waals surface area contributed by atoms with Gasteiger partial charge in [0, 0.05) is 11.3 Å². The first-order chi connectivity index (χ1) is 10.7. The molecule has 0 heterocycles. The standard InChI is InChI=1S/C15H14N2O5S/c1-9-2-3-11(15(19)20)8-13(9)23(21,22)17-12-6-4-10(5-7-12)14(16)18/h2-8,17H,1H3,(H2,16,18)(H,19,20). The molecule has 4 N–H and O–H groups in total. The summed E-state index contributed by atoms with van der Waals surface area (Å²) in [5.41, 5.74) is 5.88. The summed E-state index contributed by atoms with van der Waals surface area (Å²) in [6, 6.07) is 9.42. The number of carboxylic acids is 1. The first-order valence-corrected chi connectivity index (χ1v) is 7.95. The topological polar surface area (TPSA) is 127 Å². The summed E-state index contributed by atoms with van der Waals surface area (Å²) in [5, 5.41) is 8.98. The number of aryl methyl sites for hydroxylation is 1. The molecule has 0 fully saturated rings. The van der Waals surface area contributed by atoms with Crippen molar-refractivity contribution in [3.63, 3.8) is 0 Å². The van der Waals surface area contributed by atoms with Gasteiger partial charge in [0.15, 0.2) is 0 Å². The van der Waals surface area contributed by atoms with Crippen molar-refractivity contribution in [2.45, 2.75) is 11.8 Å². The molecule has 2 aromatic rings. The van der Waals surface area contributed by atoms with Crippen molar-refractivity contribution in [3.05, 3.63) is 59.2 Å². The zero-order valence-corrected chi connectivity index (χ0v) is 12.9. The molecule has 0 spiro atoms. The van der Waals surface area contributed by atoms with Crippen molar-refractivity contribution >= 4 is 27.6 Å². The van der Waals surface area contributed by atoms with Crippen LogP contribution < -0.4 is 10.5 Å². The van der Waals surface area contributed by atoms with Crippen LogP contribution in [-0.2, 0) is 10.0 Å². The summed E-state index contributed by atoms with van der Waals surface area (Å²) < 4.78 is 27.2. The normalized spacial score (nSPS) is 11.0. The van der Waals surface area contributed by atoms with Crippen molar-refractivity contribution in [1.29, 1.82) is 0 Å². The number of rotatable bonds is 5. The molecular weight excluding hydrogens is 320 g/mol. The molecule has 0 aliphatic carbocycles. The van der Waals surface area contributed by atoms with Crippen molar-refractivity contribution in [1.82, 2.24) is 0 Å². The van der Waals surface area contributed by atoms with Crippen molar-refractivity contribution < 1.29 is 23.1 Å². The number of hydrogen-bond acceptors (Lipinski definition) is 4. The molecule has 0 bridgehead atoms. The Labute approximate surface area is 132 Å². The van der Waals surface area contributed by atoms with Crippen LogP contribution in [-0.4, -0.2) is 25.4 Å². The van der Waals surface area contributed by atoms with Gasteiger partial charge >= 0.3 is 5.97 Å². The van der Waals surface area contributed by atoms with E-state index in [0.29, 0.717) is 5.56 Å². The number of sulfonamides is 1. The van der Waals surface area contributed by atoms with Crippen LogP contribution in [0.2, 0.25) is 0 Å². The van der Waals surface area contributed by atoms with E-state index in [2.05, 4.69) is 4.72 Å². The molecule has 0 saturated heterocycles. The van der Waals surface area contributed by atoms with Crippen molar-refractivity contribution in [3.8, 4) is 0 Å². The number of nitrogens with two attached hydrogens (primary N) is 1. The first kappa shape index (κ1) is 16.5. The highest BCUT2D eigenvalue weighted by Gasteiger charge is 2.19. The fourth-order valence-electron chi connectivity index (χ4n) is 1.94. The first-order valence-electron chi connectivity index (χ1n) is 6.47. The third-order valence-electron chi connectivity index (χ3n) is 3.15. The lowest BCUT2D eigenvalue weighted by molar-refractivity contribution is 0.0696. The van der Waals surface area contributed by atoms with Crippen LogP contribution in [0.5, 0.6) is 0 Å². The van der Waals surface area contributed by atoms with Crippen LogP contribution in [0.1, 0.15) is 26.3 Å². The Hall–Kier alpha value is -2.87. The zero-order valence-electron chi connectivity index (χ0n) is 12.1. The molecule has 120 valence electrons. The minimum Gasteiger partial charge on any atom is -0.478 e. The molecule has 7 nitrogen and oxygen atoms in total. The van der Waals surface area contributed by atoms with Crippen LogP contribution in [0.4, 0.5) is 5.69 Å². The summed E-state index contributed by atoms with van der Waals surface area (Å²) in [6.07, 6.45) is 0. The number of carbonyl (C=O) groups excluding carboxylic acids is 1. The number of carbonyl (C=O) groups is 2. The maximum atomic E-state index is 12.4. The van der Waals surface area contributed by atoms with E-state index < -0.39 is 21.9 Å². The van der Waals surface area contributed by atoms with Gasteiger partial charge in [-0.25, -0.2) is 13.2 Å². The summed E-state index contributed by atoms with van der Waals surface area (Å²) in [5.74, 6) is -1.84. The number of carboxylic acid groups (broad SMARTS) is 1. The fraction of sp³-hybridized carbons (Fsp3) is 0.0667. The Morgan fingerprint density at radius 2 is 1.61 bits per heavy atom. The van der Waals surface area contributed by atoms with Crippen LogP contribution in [0.25, 0.3) is 0 Å². The lowest BCUT2D eigenvalue weighted by atomic mass is 10.1. The van der Waals surface area contributed by atoms with Gasteiger partial charge in [0.2, 0.25) is 5.91 Å². The number of nitrogens with one attached hydrogen (secondary N) is 1. The van der Waals surface area contributed by atoms with Crippen LogP contribution in [0.3, 0.4) is 0 Å². The predicted octanol–water partition coefficient (Wildman–Crippen LogP) is 1.59. The summed E-state index contributed by atoms with van der Waals surface area (Å²) in [6.45, 7) is 1.57. The van der Waals surface area contributed by atoms with E-state index in [1.807, 2.05) is 0 Å². The Balaban J connectivity index is 2.37. The van der Waals surface area contributed by atoms with Crippen molar-refractivity contribution in [2.75, 3.05) is 4.72 Å². The SMILES string of the molecule is Cc1ccc(C(=O)O)cc1S(=O)(=O)Nc1ccc(C(N)=O)cc1. The molecule has 8 heteroatoms. The van der Waals surface area contributed by atoms with Gasteiger partial charge in [-0.2, -0.15) is 0 Å². The second-order valence-corrected chi connectivity index (χ2v) is 6.48. The maximum absolute atomic E-state index is 12.4. The Morgan fingerprint density at radius 3 is 2.13 bits per heavy atom. The number of hydrogen-bond donors (Lipinski definition) is 3. The lowest BCUT2D eigenvalue weighted by Gasteiger charge is -2.11. The Bertz CT molecular complexity index is 873. The quantitative estimate of drug-likeness (QED) is 0.765. The van der Waals surface area contributed by atoms with E-state index in [9.17, 15) is 18.0 Å². The maximum Gasteiger partial charge on any atom is 0.335 e. The van der Waals surface area contributed by atoms with Gasteiger partial charge in [-0.15, -0.1) is 0 Å². The number of amides is 1. The summed E-state index contributed by atoms with van der Waals surface area (Å²) in [7, 11) is -3.96. The molecule has 0 atom stereocenters.